The fourth-order valence-electron chi connectivity index (χ4n) is 3.47. The van der Waals surface area contributed by atoms with Crippen molar-refractivity contribution >= 4 is 38.9 Å². The maximum atomic E-state index is 13.1. The second-order valence-corrected chi connectivity index (χ2v) is 9.76. The van der Waals surface area contributed by atoms with Gasteiger partial charge in [-0.2, -0.15) is 13.2 Å². The van der Waals surface area contributed by atoms with E-state index in [0.29, 0.717) is 18.8 Å². The lowest BCUT2D eigenvalue weighted by Gasteiger charge is -2.35. The first-order valence-electron chi connectivity index (χ1n) is 10.2. The molecule has 1 amide bonds. The highest BCUT2D eigenvalue weighted by Crippen LogP contribution is 2.36. The van der Waals surface area contributed by atoms with Gasteiger partial charge in [0.25, 0.3) is 5.91 Å². The molecule has 2 N–H and O–H groups in total. The van der Waals surface area contributed by atoms with Gasteiger partial charge in [0.1, 0.15) is 4.90 Å². The van der Waals surface area contributed by atoms with E-state index >= 15 is 0 Å². The number of alkyl halides is 3. The highest BCUT2D eigenvalue weighted by atomic mass is 35.5. The molecule has 3 rings (SSSR count). The number of benzene rings is 2. The summed E-state index contributed by atoms with van der Waals surface area (Å²) in [5.74, 6) is -0.747. The standard InChI is InChI=1S/C21H24ClF3N4O3S/c1-3-26-33(31,32)19-12-14(4-7-18(19)29-10-8-28(2)9-11-29)20(30)27-15-5-6-17(22)16(13-15)21(23,24)25/h4-7,12-13,26H,3,8-11H2,1-2H3,(H,27,30). The number of carbonyl (C=O) groups is 1. The molecule has 1 aliphatic rings. The molecule has 0 atom stereocenters. The van der Waals surface area contributed by atoms with Gasteiger partial charge >= 0.3 is 6.18 Å². The molecule has 0 bridgehead atoms. The smallest absolute Gasteiger partial charge is 0.368 e. The van der Waals surface area contributed by atoms with Gasteiger partial charge < -0.3 is 15.1 Å². The number of piperazine rings is 1. The van der Waals surface area contributed by atoms with E-state index in [-0.39, 0.29) is 22.7 Å². The average Bonchev–Trinajstić information content (AvgIpc) is 2.74. The summed E-state index contributed by atoms with van der Waals surface area (Å²) in [6, 6.07) is 7.25. The van der Waals surface area contributed by atoms with Crippen LogP contribution in [0.5, 0.6) is 0 Å². The lowest BCUT2D eigenvalue weighted by molar-refractivity contribution is -0.137. The predicted molar refractivity (Wildman–Crippen MR) is 121 cm³/mol. The van der Waals surface area contributed by atoms with E-state index in [4.69, 9.17) is 11.6 Å². The van der Waals surface area contributed by atoms with Crippen molar-refractivity contribution in [3.05, 3.63) is 52.5 Å². The highest BCUT2D eigenvalue weighted by Gasteiger charge is 2.33. The molecule has 0 aromatic heterocycles. The molecule has 33 heavy (non-hydrogen) atoms. The molecule has 0 aliphatic carbocycles. The predicted octanol–water partition coefficient (Wildman–Crippen LogP) is 3.66. The summed E-state index contributed by atoms with van der Waals surface area (Å²) in [7, 11) is -1.94. The van der Waals surface area contributed by atoms with Crippen LogP contribution in [-0.2, 0) is 16.2 Å². The first kappa shape index (κ1) is 25.3. The molecule has 12 heteroatoms. The van der Waals surface area contributed by atoms with E-state index in [1.165, 1.54) is 18.2 Å². The number of hydrogen-bond donors (Lipinski definition) is 2. The van der Waals surface area contributed by atoms with Crippen molar-refractivity contribution in [2.75, 3.05) is 50.0 Å². The number of hydrogen-bond acceptors (Lipinski definition) is 5. The minimum Gasteiger partial charge on any atom is -0.368 e. The van der Waals surface area contributed by atoms with Gasteiger partial charge in [0, 0.05) is 44.0 Å². The summed E-state index contributed by atoms with van der Waals surface area (Å²) in [5, 5.41) is 1.89. The Morgan fingerprint density at radius 3 is 2.36 bits per heavy atom. The minimum atomic E-state index is -4.69. The lowest BCUT2D eigenvalue weighted by atomic mass is 10.1. The Kier molecular flexibility index (Phi) is 7.57. The zero-order valence-electron chi connectivity index (χ0n) is 18.0. The van der Waals surface area contributed by atoms with Crippen LogP contribution >= 0.6 is 11.6 Å². The van der Waals surface area contributed by atoms with Crippen LogP contribution in [0.3, 0.4) is 0 Å². The molecule has 1 saturated heterocycles. The van der Waals surface area contributed by atoms with Crippen molar-refractivity contribution in [3.63, 3.8) is 0 Å². The van der Waals surface area contributed by atoms with Crippen molar-refractivity contribution in [1.82, 2.24) is 9.62 Å². The molecule has 7 nitrogen and oxygen atoms in total. The van der Waals surface area contributed by atoms with E-state index in [0.717, 1.165) is 25.2 Å². The van der Waals surface area contributed by atoms with E-state index in [9.17, 15) is 26.4 Å². The molecule has 1 fully saturated rings. The molecule has 0 unspecified atom stereocenters. The molecule has 1 heterocycles. The summed E-state index contributed by atoms with van der Waals surface area (Å²) in [6.07, 6.45) is -4.69. The Bertz CT molecular complexity index is 1130. The maximum absolute atomic E-state index is 13.1. The van der Waals surface area contributed by atoms with Crippen LogP contribution in [0, 0.1) is 0 Å². The molecular weight excluding hydrogens is 481 g/mol. The van der Waals surface area contributed by atoms with Gasteiger partial charge in [0.15, 0.2) is 0 Å². The monoisotopic (exact) mass is 504 g/mol. The highest BCUT2D eigenvalue weighted by molar-refractivity contribution is 7.89. The number of sulfonamides is 1. The van der Waals surface area contributed by atoms with Crippen LogP contribution in [0.4, 0.5) is 24.5 Å². The van der Waals surface area contributed by atoms with Gasteiger partial charge in [-0.05, 0) is 43.4 Å². The second kappa shape index (κ2) is 9.88. The Balaban J connectivity index is 1.94. The van der Waals surface area contributed by atoms with Gasteiger partial charge in [-0.25, -0.2) is 13.1 Å². The zero-order valence-corrected chi connectivity index (χ0v) is 19.6. The third-order valence-corrected chi connectivity index (χ3v) is 7.12. The fraction of sp³-hybridized carbons (Fsp3) is 0.381. The van der Waals surface area contributed by atoms with Gasteiger partial charge in [-0.15, -0.1) is 0 Å². The number of likely N-dealkylation sites (N-methyl/N-ethyl adjacent to an activating group) is 1. The summed E-state index contributed by atoms with van der Waals surface area (Å²) < 4.78 is 67.5. The number of nitrogens with zero attached hydrogens (tertiary/aromatic N) is 2. The number of anilines is 2. The van der Waals surface area contributed by atoms with Crippen LogP contribution in [0.1, 0.15) is 22.8 Å². The van der Waals surface area contributed by atoms with Crippen LogP contribution in [0.15, 0.2) is 41.3 Å². The molecule has 1 aliphatic heterocycles. The summed E-state index contributed by atoms with van der Waals surface area (Å²) >= 11 is 5.62. The van der Waals surface area contributed by atoms with Crippen LogP contribution in [0.25, 0.3) is 0 Å². The summed E-state index contributed by atoms with van der Waals surface area (Å²) in [4.78, 5) is 16.8. The SMILES string of the molecule is CCNS(=O)(=O)c1cc(C(=O)Nc2ccc(Cl)c(C(F)(F)F)c2)ccc1N1CCN(C)CC1. The van der Waals surface area contributed by atoms with Gasteiger partial charge in [0.05, 0.1) is 16.3 Å². The largest absolute Gasteiger partial charge is 0.417 e. The molecule has 0 radical (unpaired) electrons. The third-order valence-electron chi connectivity index (χ3n) is 5.22. The molecule has 0 spiro atoms. The Labute approximate surface area is 195 Å². The van der Waals surface area contributed by atoms with Gasteiger partial charge in [-0.1, -0.05) is 18.5 Å². The number of amides is 1. The Hall–Kier alpha value is -2.34. The van der Waals surface area contributed by atoms with E-state index in [2.05, 4.69) is 14.9 Å². The minimum absolute atomic E-state index is 0.00661. The topological polar surface area (TPSA) is 81.7 Å². The summed E-state index contributed by atoms with van der Waals surface area (Å²) in [5.41, 5.74) is -0.738. The molecule has 180 valence electrons. The first-order valence-corrected chi connectivity index (χ1v) is 12.0. The van der Waals surface area contributed by atoms with Crippen molar-refractivity contribution < 1.29 is 26.4 Å². The number of halogens is 4. The molecule has 2 aromatic carbocycles. The average molecular weight is 505 g/mol. The zero-order chi connectivity index (χ0) is 24.4. The van der Waals surface area contributed by atoms with Crippen molar-refractivity contribution in [1.29, 1.82) is 0 Å². The first-order chi connectivity index (χ1) is 15.4. The van der Waals surface area contributed by atoms with E-state index < -0.39 is 32.7 Å². The van der Waals surface area contributed by atoms with Crippen molar-refractivity contribution in [2.45, 2.75) is 18.0 Å². The summed E-state index contributed by atoms with van der Waals surface area (Å²) in [6.45, 7) is 4.53. The number of carbonyl (C=O) groups excluding carboxylic acids is 1. The van der Waals surface area contributed by atoms with Crippen molar-refractivity contribution in [2.24, 2.45) is 0 Å². The fourth-order valence-corrected chi connectivity index (χ4v) is 4.99. The van der Waals surface area contributed by atoms with E-state index in [1.807, 2.05) is 11.9 Å². The van der Waals surface area contributed by atoms with Crippen LogP contribution < -0.4 is 14.9 Å². The van der Waals surface area contributed by atoms with Crippen molar-refractivity contribution in [3.8, 4) is 0 Å². The van der Waals surface area contributed by atoms with Crippen LogP contribution in [-0.4, -0.2) is 59.0 Å². The number of nitrogens with one attached hydrogen (secondary N) is 2. The molecular formula is C21H24ClF3N4O3S. The maximum Gasteiger partial charge on any atom is 0.417 e. The van der Waals surface area contributed by atoms with Crippen LogP contribution in [0.2, 0.25) is 5.02 Å². The quantitative estimate of drug-likeness (QED) is 0.627. The lowest BCUT2D eigenvalue weighted by Crippen LogP contribution is -2.45. The van der Waals surface area contributed by atoms with Gasteiger partial charge in [-0.3, -0.25) is 4.79 Å². The molecule has 0 saturated carbocycles. The number of rotatable bonds is 6. The van der Waals surface area contributed by atoms with Gasteiger partial charge in [0.2, 0.25) is 10.0 Å². The second-order valence-electron chi connectivity index (χ2n) is 7.62. The Morgan fingerprint density at radius 2 is 1.76 bits per heavy atom. The normalized spacial score (nSPS) is 15.5. The third kappa shape index (κ3) is 5.97. The van der Waals surface area contributed by atoms with E-state index in [1.54, 1.807) is 13.0 Å². The molecule has 2 aromatic rings. The Morgan fingerprint density at radius 1 is 1.09 bits per heavy atom.